The second-order valence-corrected chi connectivity index (χ2v) is 9.07. The molecule has 0 N–H and O–H groups in total. The van der Waals surface area contributed by atoms with Crippen molar-refractivity contribution in [3.63, 3.8) is 0 Å². The first-order valence-corrected chi connectivity index (χ1v) is 11.2. The average Bonchev–Trinajstić information content (AvgIpc) is 2.91. The molecule has 1 aromatic heterocycles. The normalized spacial score (nSPS) is 16.1. The number of rotatable bonds is 6. The summed E-state index contributed by atoms with van der Waals surface area (Å²) in [5.41, 5.74) is 2.17. The molecule has 0 bridgehead atoms. The minimum absolute atomic E-state index is 0.0946. The monoisotopic (exact) mass is 418 g/mol. The number of hydrogen-bond donors (Lipinski definition) is 0. The van der Waals surface area contributed by atoms with Crippen LogP contribution in [0.5, 0.6) is 0 Å². The fourth-order valence-corrected chi connectivity index (χ4v) is 4.76. The van der Waals surface area contributed by atoms with Crippen LogP contribution in [0.15, 0.2) is 39.8 Å². The van der Waals surface area contributed by atoms with E-state index in [1.165, 1.54) is 6.08 Å². The lowest BCUT2D eigenvalue weighted by atomic mass is 10.2. The number of hydrogen-bond acceptors (Lipinski definition) is 6. The Morgan fingerprint density at radius 1 is 1.14 bits per heavy atom. The molecular formula is C21H26N2O5S. The lowest BCUT2D eigenvalue weighted by Gasteiger charge is -2.19. The number of carbonyl (C=O) groups is 1. The van der Waals surface area contributed by atoms with Crippen LogP contribution in [0, 0.1) is 13.8 Å². The third-order valence-corrected chi connectivity index (χ3v) is 6.95. The number of ether oxygens (including phenoxy) is 1. The summed E-state index contributed by atoms with van der Waals surface area (Å²) in [5, 5.41) is 3.82. The Labute approximate surface area is 171 Å². The van der Waals surface area contributed by atoms with Gasteiger partial charge in [-0.15, -0.1) is 0 Å². The van der Waals surface area contributed by atoms with Gasteiger partial charge in [0, 0.05) is 19.2 Å². The summed E-state index contributed by atoms with van der Waals surface area (Å²) in [6.07, 6.45) is 6.85. The van der Waals surface area contributed by atoms with Crippen LogP contribution < -0.4 is 0 Å². The van der Waals surface area contributed by atoms with E-state index in [0.29, 0.717) is 30.1 Å². The highest BCUT2D eigenvalue weighted by Gasteiger charge is 2.24. The molecule has 1 aromatic carbocycles. The molecule has 1 fully saturated rings. The van der Waals surface area contributed by atoms with E-state index in [1.807, 2.05) is 0 Å². The fourth-order valence-electron chi connectivity index (χ4n) is 3.25. The zero-order valence-corrected chi connectivity index (χ0v) is 17.6. The standard InChI is InChI=1S/C21H26N2O5S/c1-16-20(17(2)28-22-16)15-27-21(24)12-9-18-7-10-19(11-8-18)29(25,26)23-13-5-3-4-6-14-23/h7-12H,3-6,13-15H2,1-2H3. The van der Waals surface area contributed by atoms with Crippen LogP contribution in [-0.4, -0.2) is 36.9 Å². The van der Waals surface area contributed by atoms with E-state index in [1.54, 1.807) is 48.5 Å². The van der Waals surface area contributed by atoms with Gasteiger partial charge in [0.1, 0.15) is 12.4 Å². The van der Waals surface area contributed by atoms with Gasteiger partial charge in [0.2, 0.25) is 10.0 Å². The molecular weight excluding hydrogens is 392 g/mol. The quantitative estimate of drug-likeness (QED) is 0.526. The number of carbonyl (C=O) groups excluding carboxylic acids is 1. The van der Waals surface area contributed by atoms with Gasteiger partial charge in [0.25, 0.3) is 0 Å². The van der Waals surface area contributed by atoms with Crippen LogP contribution in [-0.2, 0) is 26.2 Å². The summed E-state index contributed by atoms with van der Waals surface area (Å²) in [4.78, 5) is 12.2. The van der Waals surface area contributed by atoms with E-state index < -0.39 is 16.0 Å². The maximum absolute atomic E-state index is 12.8. The maximum Gasteiger partial charge on any atom is 0.331 e. The highest BCUT2D eigenvalue weighted by atomic mass is 32.2. The molecule has 0 spiro atoms. The lowest BCUT2D eigenvalue weighted by Crippen LogP contribution is -2.31. The van der Waals surface area contributed by atoms with E-state index in [-0.39, 0.29) is 11.5 Å². The number of esters is 1. The Bertz CT molecular complexity index is 950. The first kappa shape index (κ1) is 21.3. The zero-order chi connectivity index (χ0) is 20.9. The third-order valence-electron chi connectivity index (χ3n) is 5.03. The second-order valence-electron chi connectivity index (χ2n) is 7.13. The van der Waals surface area contributed by atoms with Gasteiger partial charge in [-0.1, -0.05) is 30.1 Å². The highest BCUT2D eigenvalue weighted by Crippen LogP contribution is 2.21. The Morgan fingerprint density at radius 2 is 1.79 bits per heavy atom. The first-order valence-electron chi connectivity index (χ1n) is 9.75. The zero-order valence-electron chi connectivity index (χ0n) is 16.8. The third kappa shape index (κ3) is 5.33. The molecule has 1 aliphatic rings. The number of benzene rings is 1. The van der Waals surface area contributed by atoms with E-state index in [2.05, 4.69) is 5.16 Å². The molecule has 1 aliphatic heterocycles. The highest BCUT2D eigenvalue weighted by molar-refractivity contribution is 7.89. The molecule has 0 amide bonds. The Balaban J connectivity index is 1.60. The number of aromatic nitrogens is 1. The second kappa shape index (κ2) is 9.37. The number of sulfonamides is 1. The Kier molecular flexibility index (Phi) is 6.87. The fraction of sp³-hybridized carbons (Fsp3) is 0.429. The number of nitrogens with zero attached hydrogens (tertiary/aromatic N) is 2. The van der Waals surface area contributed by atoms with E-state index in [9.17, 15) is 13.2 Å². The van der Waals surface area contributed by atoms with Crippen molar-refractivity contribution in [3.8, 4) is 0 Å². The number of aryl methyl sites for hydroxylation is 2. The van der Waals surface area contributed by atoms with Crippen molar-refractivity contribution in [2.45, 2.75) is 51.0 Å². The van der Waals surface area contributed by atoms with Crippen molar-refractivity contribution in [2.75, 3.05) is 13.1 Å². The predicted octanol–water partition coefficient (Wildman–Crippen LogP) is 3.61. The molecule has 0 atom stereocenters. The van der Waals surface area contributed by atoms with Gasteiger partial charge in [-0.25, -0.2) is 13.2 Å². The topological polar surface area (TPSA) is 89.7 Å². The lowest BCUT2D eigenvalue weighted by molar-refractivity contribution is -0.138. The van der Waals surface area contributed by atoms with Gasteiger partial charge in [-0.2, -0.15) is 4.31 Å². The average molecular weight is 419 g/mol. The van der Waals surface area contributed by atoms with Crippen LogP contribution in [0.4, 0.5) is 0 Å². The van der Waals surface area contributed by atoms with Crippen LogP contribution in [0.1, 0.15) is 48.3 Å². The van der Waals surface area contributed by atoms with E-state index >= 15 is 0 Å². The van der Waals surface area contributed by atoms with E-state index in [0.717, 1.165) is 31.2 Å². The summed E-state index contributed by atoms with van der Waals surface area (Å²) >= 11 is 0. The summed E-state index contributed by atoms with van der Waals surface area (Å²) in [6, 6.07) is 6.52. The van der Waals surface area contributed by atoms with Crippen LogP contribution in [0.25, 0.3) is 6.08 Å². The molecule has 8 heteroatoms. The van der Waals surface area contributed by atoms with Gasteiger partial charge in [0.05, 0.1) is 16.2 Å². The van der Waals surface area contributed by atoms with Crippen molar-refractivity contribution in [1.29, 1.82) is 0 Å². The van der Waals surface area contributed by atoms with Crippen molar-refractivity contribution in [1.82, 2.24) is 9.46 Å². The first-order chi connectivity index (χ1) is 13.9. The van der Waals surface area contributed by atoms with Gasteiger partial charge < -0.3 is 9.26 Å². The van der Waals surface area contributed by atoms with Crippen LogP contribution in [0.2, 0.25) is 0 Å². The Morgan fingerprint density at radius 3 is 2.38 bits per heavy atom. The molecule has 2 heterocycles. The molecule has 3 rings (SSSR count). The van der Waals surface area contributed by atoms with Crippen molar-refractivity contribution in [2.24, 2.45) is 0 Å². The van der Waals surface area contributed by atoms with Gasteiger partial charge in [0.15, 0.2) is 0 Å². The van der Waals surface area contributed by atoms with Crippen molar-refractivity contribution < 1.29 is 22.5 Å². The summed E-state index contributed by atoms with van der Waals surface area (Å²) in [7, 11) is -3.47. The smallest absolute Gasteiger partial charge is 0.331 e. The minimum atomic E-state index is -3.47. The van der Waals surface area contributed by atoms with E-state index in [4.69, 9.17) is 9.26 Å². The molecule has 0 radical (unpaired) electrons. The SMILES string of the molecule is Cc1noc(C)c1COC(=O)C=Cc1ccc(S(=O)(=O)N2CCCCCC2)cc1. The minimum Gasteiger partial charge on any atom is -0.457 e. The van der Waals surface area contributed by atoms with Gasteiger partial charge in [-0.3, -0.25) is 0 Å². The van der Waals surface area contributed by atoms with Crippen LogP contribution in [0.3, 0.4) is 0 Å². The maximum atomic E-state index is 12.8. The van der Waals surface area contributed by atoms with Crippen molar-refractivity contribution in [3.05, 3.63) is 52.9 Å². The predicted molar refractivity (Wildman–Crippen MR) is 108 cm³/mol. The molecule has 29 heavy (non-hydrogen) atoms. The summed E-state index contributed by atoms with van der Waals surface area (Å²) in [5.74, 6) is 0.131. The Hall–Kier alpha value is -2.45. The summed E-state index contributed by atoms with van der Waals surface area (Å²) in [6.45, 7) is 4.79. The molecule has 0 unspecified atom stereocenters. The molecule has 7 nitrogen and oxygen atoms in total. The van der Waals surface area contributed by atoms with Crippen LogP contribution >= 0.6 is 0 Å². The molecule has 0 aliphatic carbocycles. The van der Waals surface area contributed by atoms with Gasteiger partial charge in [-0.05, 0) is 50.5 Å². The van der Waals surface area contributed by atoms with Gasteiger partial charge >= 0.3 is 5.97 Å². The summed E-state index contributed by atoms with van der Waals surface area (Å²) < 4.78 is 37.4. The molecule has 0 saturated carbocycles. The molecule has 156 valence electrons. The van der Waals surface area contributed by atoms with Crippen molar-refractivity contribution >= 4 is 22.1 Å². The molecule has 1 saturated heterocycles. The largest absolute Gasteiger partial charge is 0.457 e. The molecule has 2 aromatic rings.